The van der Waals surface area contributed by atoms with Crippen molar-refractivity contribution in [2.24, 2.45) is 0 Å². The minimum absolute atomic E-state index is 0.136. The highest BCUT2D eigenvalue weighted by atomic mass is 16.7. The van der Waals surface area contributed by atoms with E-state index in [0.29, 0.717) is 5.88 Å². The lowest BCUT2D eigenvalue weighted by Crippen LogP contribution is -2.41. The Hall–Kier alpha value is -1.07. The van der Waals surface area contributed by atoms with E-state index in [2.05, 4.69) is 4.98 Å². The van der Waals surface area contributed by atoms with Gasteiger partial charge in [0, 0.05) is 11.7 Å². The van der Waals surface area contributed by atoms with Crippen LogP contribution < -0.4 is 10.2 Å². The molecular formula is C12H18BNO3. The zero-order valence-corrected chi connectivity index (χ0v) is 10.7. The van der Waals surface area contributed by atoms with Gasteiger partial charge in [0.2, 0.25) is 5.88 Å². The largest absolute Gasteiger partial charge is 0.496 e. The molecule has 2 rings (SSSR count). The van der Waals surface area contributed by atoms with Crippen molar-refractivity contribution in [2.45, 2.75) is 38.9 Å². The highest BCUT2D eigenvalue weighted by Gasteiger charge is 2.51. The monoisotopic (exact) mass is 236 g/mol. The van der Waals surface area contributed by atoms with Crippen LogP contribution in [0.1, 0.15) is 29.1 Å². The second-order valence-electron chi connectivity index (χ2n) is 5.16. The van der Waals surface area contributed by atoms with Gasteiger partial charge in [0.1, 0.15) is 0 Å². The van der Waals surface area contributed by atoms with Gasteiger partial charge in [-0.25, -0.2) is 4.98 Å². The van der Waals surface area contributed by atoms with Gasteiger partial charge in [0.15, 0.2) is 0 Å². The fourth-order valence-corrected chi connectivity index (χ4v) is 1.60. The Bertz CT molecular complexity index is 406. The van der Waals surface area contributed by atoms with Crippen molar-refractivity contribution in [1.29, 1.82) is 0 Å². The second-order valence-corrected chi connectivity index (χ2v) is 5.16. The Balaban J connectivity index is 2.14. The van der Waals surface area contributed by atoms with E-state index in [0.717, 1.165) is 5.46 Å². The maximum atomic E-state index is 6.95. The number of ether oxygens (including phenoxy) is 1. The van der Waals surface area contributed by atoms with Crippen LogP contribution in [0.2, 0.25) is 0 Å². The van der Waals surface area contributed by atoms with E-state index in [1.165, 1.54) is 0 Å². The first-order valence-corrected chi connectivity index (χ1v) is 5.59. The smallest absolute Gasteiger partial charge is 0.481 e. The van der Waals surface area contributed by atoms with Crippen LogP contribution in [-0.2, 0) is 9.31 Å². The molecular weight excluding hydrogens is 217 g/mol. The minimum Gasteiger partial charge on any atom is -0.481 e. The molecule has 0 spiro atoms. The first-order valence-electron chi connectivity index (χ1n) is 6.30. The van der Waals surface area contributed by atoms with Crippen molar-refractivity contribution < 1.29 is 15.4 Å². The van der Waals surface area contributed by atoms with Gasteiger partial charge in [-0.15, -0.1) is 0 Å². The number of nitrogens with zero attached hydrogens (tertiary/aromatic N) is 1. The van der Waals surface area contributed by atoms with Gasteiger partial charge in [-0.05, 0) is 33.8 Å². The number of pyridine rings is 1. The zero-order valence-electron chi connectivity index (χ0n) is 11.7. The second kappa shape index (κ2) is 4.00. The third kappa shape index (κ3) is 2.17. The Morgan fingerprint density at radius 2 is 1.88 bits per heavy atom. The van der Waals surface area contributed by atoms with E-state index < -0.39 is 7.12 Å². The topological polar surface area (TPSA) is 40.6 Å². The molecule has 0 saturated carbocycles. The summed E-state index contributed by atoms with van der Waals surface area (Å²) in [5.41, 5.74) is 0.146. The summed E-state index contributed by atoms with van der Waals surface area (Å²) in [5.74, 6) is 0.435. The van der Waals surface area contributed by atoms with E-state index >= 15 is 0 Å². The number of methoxy groups -OCH3 is 1. The molecule has 0 amide bonds. The van der Waals surface area contributed by atoms with Crippen molar-refractivity contribution in [3.05, 3.63) is 18.3 Å². The summed E-state index contributed by atoms with van der Waals surface area (Å²) in [5, 5.41) is 0. The summed E-state index contributed by atoms with van der Waals surface area (Å²) in [6.07, 6.45) is 1.66. The van der Waals surface area contributed by atoms with Crippen LogP contribution in [-0.4, -0.2) is 30.4 Å². The molecule has 92 valence electrons. The quantitative estimate of drug-likeness (QED) is 0.727. The van der Waals surface area contributed by atoms with Gasteiger partial charge in [-0.1, -0.05) is 6.07 Å². The van der Waals surface area contributed by atoms with Gasteiger partial charge >= 0.3 is 7.12 Å². The average Bonchev–Trinajstić information content (AvgIpc) is 2.50. The first-order chi connectivity index (χ1) is 8.36. The van der Waals surface area contributed by atoms with Crippen molar-refractivity contribution >= 4 is 12.6 Å². The van der Waals surface area contributed by atoms with Crippen molar-refractivity contribution in [3.63, 3.8) is 0 Å². The van der Waals surface area contributed by atoms with Crippen LogP contribution in [0.3, 0.4) is 0 Å². The van der Waals surface area contributed by atoms with E-state index in [1.54, 1.807) is 12.3 Å². The van der Waals surface area contributed by atoms with Crippen LogP contribution in [0.15, 0.2) is 18.3 Å². The summed E-state index contributed by atoms with van der Waals surface area (Å²) in [6, 6.07) is 3.56. The van der Waals surface area contributed by atoms with Crippen LogP contribution in [0.5, 0.6) is 5.88 Å². The molecule has 0 aromatic carbocycles. The Kier molecular flexibility index (Phi) is 2.60. The lowest BCUT2D eigenvalue weighted by molar-refractivity contribution is 0.00578. The summed E-state index contributed by atoms with van der Waals surface area (Å²) in [6.45, 7) is 8.05. The van der Waals surface area contributed by atoms with Crippen molar-refractivity contribution in [3.8, 4) is 5.88 Å². The van der Waals surface area contributed by atoms with Crippen LogP contribution >= 0.6 is 0 Å². The van der Waals surface area contributed by atoms with Gasteiger partial charge in [-0.2, -0.15) is 0 Å². The SMILES string of the molecule is [2H]COc1ccc(B2OC(C)(C)C(C)(C)O2)cn1. The van der Waals surface area contributed by atoms with Crippen LogP contribution in [0.25, 0.3) is 0 Å². The van der Waals surface area contributed by atoms with E-state index in [1.807, 2.05) is 33.8 Å². The van der Waals surface area contributed by atoms with Gasteiger partial charge in [-0.3, -0.25) is 0 Å². The fourth-order valence-electron chi connectivity index (χ4n) is 1.60. The molecule has 0 N–H and O–H groups in total. The van der Waals surface area contributed by atoms with Gasteiger partial charge in [0.05, 0.1) is 19.7 Å². The number of aromatic nitrogens is 1. The molecule has 5 heteroatoms. The molecule has 1 saturated heterocycles. The Labute approximate surface area is 104 Å². The van der Waals surface area contributed by atoms with E-state index in [9.17, 15) is 0 Å². The summed E-state index contributed by atoms with van der Waals surface area (Å²) >= 11 is 0. The molecule has 1 aliphatic rings. The molecule has 0 radical (unpaired) electrons. The summed E-state index contributed by atoms with van der Waals surface area (Å²) in [4.78, 5) is 4.11. The van der Waals surface area contributed by atoms with Crippen LogP contribution in [0, 0.1) is 0 Å². The third-order valence-electron chi connectivity index (χ3n) is 3.43. The van der Waals surface area contributed by atoms with Gasteiger partial charge in [0.25, 0.3) is 0 Å². The lowest BCUT2D eigenvalue weighted by atomic mass is 9.80. The Morgan fingerprint density at radius 3 is 2.35 bits per heavy atom. The molecule has 0 unspecified atom stereocenters. The molecule has 0 aliphatic carbocycles. The Morgan fingerprint density at radius 1 is 1.24 bits per heavy atom. The maximum absolute atomic E-state index is 6.95. The zero-order chi connectivity index (χ0) is 13.4. The lowest BCUT2D eigenvalue weighted by Gasteiger charge is -2.32. The standard InChI is InChI=1S/C12H18BNO3/c1-11(2)12(3,4)17-13(16-11)9-6-7-10(15-5)14-8-9/h6-8H,1-5H3/i5D. The van der Waals surface area contributed by atoms with Crippen molar-refractivity contribution in [1.82, 2.24) is 4.98 Å². The molecule has 1 aromatic heterocycles. The molecule has 0 bridgehead atoms. The average molecular weight is 236 g/mol. The number of hydrogen-bond donors (Lipinski definition) is 0. The first kappa shape index (κ1) is 11.0. The molecule has 0 atom stereocenters. The molecule has 2 heterocycles. The minimum atomic E-state index is -0.410. The molecule has 1 aromatic rings. The predicted octanol–water partition coefficient (Wildman–Crippen LogP) is 1.39. The highest BCUT2D eigenvalue weighted by Crippen LogP contribution is 2.36. The number of hydrogen-bond acceptors (Lipinski definition) is 4. The summed E-state index contributed by atoms with van der Waals surface area (Å²) < 4.78 is 23.8. The highest BCUT2D eigenvalue weighted by molar-refractivity contribution is 6.62. The fraction of sp³-hybridized carbons (Fsp3) is 0.583. The molecule has 1 aliphatic heterocycles. The summed E-state index contributed by atoms with van der Waals surface area (Å²) in [7, 11) is -0.546. The third-order valence-corrected chi connectivity index (χ3v) is 3.43. The maximum Gasteiger partial charge on any atom is 0.496 e. The van der Waals surface area contributed by atoms with Crippen molar-refractivity contribution in [2.75, 3.05) is 7.09 Å². The van der Waals surface area contributed by atoms with Gasteiger partial charge < -0.3 is 14.0 Å². The van der Waals surface area contributed by atoms with Crippen LogP contribution in [0.4, 0.5) is 0 Å². The molecule has 4 nitrogen and oxygen atoms in total. The van der Waals surface area contributed by atoms with E-state index in [4.69, 9.17) is 15.4 Å². The molecule has 1 fully saturated rings. The normalized spacial score (nSPS) is 22.4. The number of rotatable bonds is 2. The van der Waals surface area contributed by atoms with E-state index in [-0.39, 0.29) is 18.3 Å². The predicted molar refractivity (Wildman–Crippen MR) is 66.5 cm³/mol. The molecule has 17 heavy (non-hydrogen) atoms.